The van der Waals surface area contributed by atoms with E-state index in [2.05, 4.69) is 10.6 Å². The molecule has 0 bridgehead atoms. The zero-order valence-corrected chi connectivity index (χ0v) is 17.6. The molecule has 2 saturated heterocycles. The van der Waals surface area contributed by atoms with Gasteiger partial charge in [0.05, 0.1) is 0 Å². The Balaban J connectivity index is -0.0000000222. The Morgan fingerprint density at radius 2 is 0.632 bits per heavy atom. The van der Waals surface area contributed by atoms with Crippen molar-refractivity contribution in [1.29, 1.82) is 0 Å². The van der Waals surface area contributed by atoms with Gasteiger partial charge in [-0.1, -0.05) is 12.8 Å². The van der Waals surface area contributed by atoms with Crippen molar-refractivity contribution in [2.75, 3.05) is 26.2 Å². The van der Waals surface area contributed by atoms with Crippen LogP contribution < -0.4 is 60.3 Å². The Morgan fingerprint density at radius 1 is 0.421 bits per heavy atom. The van der Waals surface area contributed by atoms with Crippen LogP contribution in [0.1, 0.15) is 38.5 Å². The first-order valence-corrected chi connectivity index (χ1v) is 5.41. The average Bonchev–Trinajstić information content (AvgIpc) is 2.24. The molecule has 0 aromatic carbocycles. The minimum Gasteiger partial charge on any atom is -1.00 e. The van der Waals surface area contributed by atoms with E-state index in [0.717, 1.165) is 0 Å². The standard InChI is InChI=1S/2C5H11N.6ClH.Pt/c2*1-2-4-6-5-3-1;;;;;;;/h2*6H,1-5H2;6*1H;/q;;;;;;;;+4/p-4. The summed E-state index contributed by atoms with van der Waals surface area (Å²) in [7, 11) is 0. The SMILES string of the molecule is C1CCNCC1.C1CCNCC1.Cl.Cl.[Cl-].[Cl-].[Cl-].[Cl-].[Pt+4]. The van der Waals surface area contributed by atoms with Crippen LogP contribution in [0.25, 0.3) is 0 Å². The summed E-state index contributed by atoms with van der Waals surface area (Å²) in [5.41, 5.74) is 0. The van der Waals surface area contributed by atoms with Crippen LogP contribution in [0.15, 0.2) is 0 Å². The average molecular weight is 580 g/mol. The van der Waals surface area contributed by atoms with E-state index in [4.69, 9.17) is 0 Å². The fourth-order valence-electron chi connectivity index (χ4n) is 1.60. The predicted molar refractivity (Wildman–Crippen MR) is 67.9 cm³/mol. The van der Waals surface area contributed by atoms with Crippen LogP contribution in [0.3, 0.4) is 0 Å². The predicted octanol–water partition coefficient (Wildman–Crippen LogP) is -9.62. The first-order valence-electron chi connectivity index (χ1n) is 5.41. The molecule has 2 N–H and O–H groups in total. The third kappa shape index (κ3) is 33.3. The smallest absolute Gasteiger partial charge is 1.00 e. The van der Waals surface area contributed by atoms with Crippen molar-refractivity contribution in [2.45, 2.75) is 38.5 Å². The van der Waals surface area contributed by atoms with Crippen molar-refractivity contribution in [2.24, 2.45) is 0 Å². The molecule has 0 saturated carbocycles. The van der Waals surface area contributed by atoms with Gasteiger partial charge in [-0.05, 0) is 51.9 Å². The van der Waals surface area contributed by atoms with Crippen molar-refractivity contribution in [3.05, 3.63) is 0 Å². The van der Waals surface area contributed by atoms with Gasteiger partial charge in [0.1, 0.15) is 0 Å². The maximum atomic E-state index is 3.28. The fourth-order valence-corrected chi connectivity index (χ4v) is 1.60. The first-order chi connectivity index (χ1) is 6.00. The number of piperidine rings is 2. The largest absolute Gasteiger partial charge is 4.00 e. The van der Waals surface area contributed by atoms with E-state index in [1.165, 1.54) is 64.7 Å². The molecule has 0 aromatic rings. The summed E-state index contributed by atoms with van der Waals surface area (Å²) in [4.78, 5) is 0. The van der Waals surface area contributed by atoms with Crippen LogP contribution in [0, 0.1) is 0 Å². The topological polar surface area (TPSA) is 24.1 Å². The zero-order valence-electron chi connectivity index (χ0n) is 10.7. The molecule has 126 valence electrons. The Kier molecular flexibility index (Phi) is 83.6. The molecule has 2 rings (SSSR count). The quantitative estimate of drug-likeness (QED) is 0.298. The minimum absolute atomic E-state index is 0. The van der Waals surface area contributed by atoms with E-state index in [1.807, 2.05) is 0 Å². The van der Waals surface area contributed by atoms with Crippen LogP contribution >= 0.6 is 24.8 Å². The Hall–Kier alpha value is 2.35. The third-order valence-corrected chi connectivity index (χ3v) is 2.41. The van der Waals surface area contributed by atoms with Gasteiger partial charge in [-0.2, -0.15) is 0 Å². The van der Waals surface area contributed by atoms with Gasteiger partial charge in [0.2, 0.25) is 0 Å². The molecule has 2 heterocycles. The summed E-state index contributed by atoms with van der Waals surface area (Å²) in [6, 6.07) is 0. The molecule has 0 aliphatic carbocycles. The van der Waals surface area contributed by atoms with Crippen molar-refractivity contribution >= 4 is 24.8 Å². The second kappa shape index (κ2) is 37.0. The minimum atomic E-state index is 0. The van der Waals surface area contributed by atoms with Crippen LogP contribution in [0.4, 0.5) is 0 Å². The summed E-state index contributed by atoms with van der Waals surface area (Å²) < 4.78 is 0. The monoisotopic (exact) mass is 577 g/mol. The van der Waals surface area contributed by atoms with Gasteiger partial charge in [0.15, 0.2) is 0 Å². The third-order valence-electron chi connectivity index (χ3n) is 2.41. The van der Waals surface area contributed by atoms with Crippen LogP contribution in [0.2, 0.25) is 0 Å². The first kappa shape index (κ1) is 42.9. The van der Waals surface area contributed by atoms with Crippen molar-refractivity contribution in [3.8, 4) is 0 Å². The number of halogens is 6. The van der Waals surface area contributed by atoms with Crippen LogP contribution in [0.5, 0.6) is 0 Å². The molecule has 0 radical (unpaired) electrons. The summed E-state index contributed by atoms with van der Waals surface area (Å²) in [5.74, 6) is 0. The summed E-state index contributed by atoms with van der Waals surface area (Å²) in [6.45, 7) is 5.00. The van der Waals surface area contributed by atoms with E-state index in [1.54, 1.807) is 0 Å². The number of nitrogens with one attached hydrogen (secondary N) is 2. The Labute approximate surface area is 169 Å². The molecule has 0 spiro atoms. The molecule has 9 heteroatoms. The van der Waals surface area contributed by atoms with E-state index in [9.17, 15) is 0 Å². The summed E-state index contributed by atoms with van der Waals surface area (Å²) in [5, 5.41) is 6.57. The molecule has 0 atom stereocenters. The molecular weight excluding hydrogens is 556 g/mol. The molecule has 0 unspecified atom stereocenters. The van der Waals surface area contributed by atoms with Crippen molar-refractivity contribution in [1.82, 2.24) is 10.6 Å². The molecule has 0 aromatic heterocycles. The van der Waals surface area contributed by atoms with E-state index < -0.39 is 0 Å². The summed E-state index contributed by atoms with van der Waals surface area (Å²) in [6.07, 6.45) is 8.43. The zero-order chi connectivity index (χ0) is 8.49. The number of hydrogen-bond acceptors (Lipinski definition) is 2. The summed E-state index contributed by atoms with van der Waals surface area (Å²) >= 11 is 0. The Bertz CT molecular complexity index is 73.0. The van der Waals surface area contributed by atoms with E-state index in [-0.39, 0.29) is 95.5 Å². The maximum absolute atomic E-state index is 3.28. The van der Waals surface area contributed by atoms with E-state index >= 15 is 0 Å². The van der Waals surface area contributed by atoms with Gasteiger partial charge >= 0.3 is 21.1 Å². The molecule has 2 fully saturated rings. The van der Waals surface area contributed by atoms with Gasteiger partial charge in [0.25, 0.3) is 0 Å². The molecule has 2 aliphatic rings. The molecule has 2 aliphatic heterocycles. The fraction of sp³-hybridized carbons (Fsp3) is 1.00. The van der Waals surface area contributed by atoms with Crippen LogP contribution in [-0.4, -0.2) is 26.2 Å². The van der Waals surface area contributed by atoms with Gasteiger partial charge in [-0.3, -0.25) is 0 Å². The normalized spacial score (nSPS) is 15.2. The van der Waals surface area contributed by atoms with Crippen molar-refractivity contribution < 1.29 is 70.7 Å². The van der Waals surface area contributed by atoms with Gasteiger partial charge in [0, 0.05) is 0 Å². The maximum Gasteiger partial charge on any atom is 4.00 e. The molecule has 2 nitrogen and oxygen atoms in total. The molecule has 0 amide bonds. The Morgan fingerprint density at radius 3 is 0.684 bits per heavy atom. The number of hydrogen-bond donors (Lipinski definition) is 2. The van der Waals surface area contributed by atoms with E-state index in [0.29, 0.717) is 0 Å². The van der Waals surface area contributed by atoms with Gasteiger partial charge in [-0.15, -0.1) is 24.8 Å². The van der Waals surface area contributed by atoms with Gasteiger partial charge in [-0.25, -0.2) is 0 Å². The van der Waals surface area contributed by atoms with Crippen LogP contribution in [-0.2, 0) is 21.1 Å². The van der Waals surface area contributed by atoms with Crippen molar-refractivity contribution in [3.63, 3.8) is 0 Å². The second-order valence-electron chi connectivity index (χ2n) is 3.62. The number of rotatable bonds is 0. The second-order valence-corrected chi connectivity index (χ2v) is 3.62. The molecular formula is C10H24Cl6N2Pt. The molecule has 19 heavy (non-hydrogen) atoms. The van der Waals surface area contributed by atoms with Gasteiger partial charge < -0.3 is 60.3 Å².